The Morgan fingerprint density at radius 2 is 2.06 bits per heavy atom. The molecule has 1 aliphatic heterocycles. The van der Waals surface area contributed by atoms with E-state index < -0.39 is 5.60 Å². The number of carbonyl (C=O) groups excluding carboxylic acids is 1. The van der Waals surface area contributed by atoms with Crippen LogP contribution in [0.1, 0.15) is 47.5 Å². The number of nitrogens with zero attached hydrogens (tertiary/aromatic N) is 1. The zero-order valence-electron chi connectivity index (χ0n) is 12.3. The molecule has 1 N–H and O–H groups in total. The van der Waals surface area contributed by atoms with Crippen molar-refractivity contribution in [1.29, 1.82) is 0 Å². The monoisotopic (exact) mass is 257 g/mol. The molecule has 0 saturated carbocycles. The van der Waals surface area contributed by atoms with Gasteiger partial charge in [-0.25, -0.2) is 4.79 Å². The molecule has 106 valence electrons. The van der Waals surface area contributed by atoms with Gasteiger partial charge in [0.05, 0.1) is 0 Å². The summed E-state index contributed by atoms with van der Waals surface area (Å²) < 4.78 is 5.40. The number of hydrogen-bond acceptors (Lipinski definition) is 3. The second-order valence-electron chi connectivity index (χ2n) is 6.45. The van der Waals surface area contributed by atoms with Crippen molar-refractivity contribution in [2.75, 3.05) is 13.2 Å². The molecule has 18 heavy (non-hydrogen) atoms. The van der Waals surface area contributed by atoms with Crippen LogP contribution in [0.4, 0.5) is 4.79 Å². The Kier molecular flexibility index (Phi) is 5.02. The average molecular weight is 257 g/mol. The van der Waals surface area contributed by atoms with Crippen LogP contribution in [0.3, 0.4) is 0 Å². The molecule has 0 bridgehead atoms. The van der Waals surface area contributed by atoms with Crippen LogP contribution in [-0.2, 0) is 4.74 Å². The Hall–Kier alpha value is -0.770. The van der Waals surface area contributed by atoms with E-state index in [1.165, 1.54) is 0 Å². The molecule has 0 radical (unpaired) electrons. The van der Waals surface area contributed by atoms with Gasteiger partial charge in [0.2, 0.25) is 0 Å². The van der Waals surface area contributed by atoms with Crippen molar-refractivity contribution >= 4 is 6.09 Å². The molecular weight excluding hydrogens is 230 g/mol. The smallest absolute Gasteiger partial charge is 0.410 e. The molecular formula is C14H27NO3. The lowest BCUT2D eigenvalue weighted by Gasteiger charge is -2.46. The van der Waals surface area contributed by atoms with Crippen LogP contribution in [-0.4, -0.2) is 40.9 Å². The molecule has 1 amide bonds. The highest BCUT2D eigenvalue weighted by Crippen LogP contribution is 2.33. The molecule has 0 aliphatic carbocycles. The van der Waals surface area contributed by atoms with E-state index >= 15 is 0 Å². The van der Waals surface area contributed by atoms with E-state index in [4.69, 9.17) is 9.84 Å². The molecule has 1 rings (SSSR count). The Labute approximate surface area is 110 Å². The molecule has 4 nitrogen and oxygen atoms in total. The van der Waals surface area contributed by atoms with E-state index in [9.17, 15) is 4.79 Å². The predicted octanol–water partition coefficient (Wildman–Crippen LogP) is 2.65. The van der Waals surface area contributed by atoms with Gasteiger partial charge in [-0.05, 0) is 45.4 Å². The van der Waals surface area contributed by atoms with Crippen LogP contribution in [0.2, 0.25) is 0 Å². The molecule has 4 heteroatoms. The summed E-state index contributed by atoms with van der Waals surface area (Å²) in [6.45, 7) is 10.9. The highest BCUT2D eigenvalue weighted by molar-refractivity contribution is 5.69. The number of hydrogen-bond donors (Lipinski definition) is 1. The fourth-order valence-electron chi connectivity index (χ4n) is 2.52. The lowest BCUT2D eigenvalue weighted by atomic mass is 9.80. The lowest BCUT2D eigenvalue weighted by molar-refractivity contribution is -0.0266. The number of rotatable bonds is 4. The summed E-state index contributed by atoms with van der Waals surface area (Å²) in [5.41, 5.74) is -0.443. The SMILES string of the molecule is CC(C)C(CCO)C1CCN1C(=O)OC(C)(C)C. The molecule has 2 atom stereocenters. The number of carbonyl (C=O) groups is 1. The van der Waals surface area contributed by atoms with Gasteiger partial charge in [0, 0.05) is 19.2 Å². The van der Waals surface area contributed by atoms with Gasteiger partial charge in [-0.2, -0.15) is 0 Å². The normalized spacial score (nSPS) is 21.7. The van der Waals surface area contributed by atoms with E-state index in [2.05, 4.69) is 13.8 Å². The molecule has 0 aromatic rings. The summed E-state index contributed by atoms with van der Waals surface area (Å²) in [5, 5.41) is 9.13. The topological polar surface area (TPSA) is 49.8 Å². The van der Waals surface area contributed by atoms with Crippen molar-refractivity contribution in [3.8, 4) is 0 Å². The number of ether oxygens (including phenoxy) is 1. The van der Waals surface area contributed by atoms with Crippen LogP contribution in [0.5, 0.6) is 0 Å². The van der Waals surface area contributed by atoms with Gasteiger partial charge in [-0.15, -0.1) is 0 Å². The van der Waals surface area contributed by atoms with Gasteiger partial charge < -0.3 is 14.7 Å². The summed E-state index contributed by atoms with van der Waals surface area (Å²) in [5.74, 6) is 0.823. The van der Waals surface area contributed by atoms with Gasteiger partial charge in [0.1, 0.15) is 5.60 Å². The molecule has 1 aliphatic rings. The standard InChI is InChI=1S/C14H27NO3/c1-10(2)11(7-9-16)12-6-8-15(12)13(17)18-14(3,4)5/h10-12,16H,6-9H2,1-5H3. The largest absolute Gasteiger partial charge is 0.444 e. The summed E-state index contributed by atoms with van der Waals surface area (Å²) >= 11 is 0. The third kappa shape index (κ3) is 3.87. The summed E-state index contributed by atoms with van der Waals surface area (Å²) in [7, 11) is 0. The number of amides is 1. The van der Waals surface area contributed by atoms with Crippen LogP contribution >= 0.6 is 0 Å². The van der Waals surface area contributed by atoms with E-state index in [0.717, 1.165) is 19.4 Å². The van der Waals surface area contributed by atoms with E-state index in [1.54, 1.807) is 0 Å². The zero-order chi connectivity index (χ0) is 13.9. The van der Waals surface area contributed by atoms with Crippen LogP contribution in [0, 0.1) is 11.8 Å². The lowest BCUT2D eigenvalue weighted by Crippen LogP contribution is -2.56. The Balaban J connectivity index is 2.61. The summed E-state index contributed by atoms with van der Waals surface area (Å²) in [6, 6.07) is 0.229. The van der Waals surface area contributed by atoms with Gasteiger partial charge in [-0.3, -0.25) is 0 Å². The van der Waals surface area contributed by atoms with Crippen molar-refractivity contribution < 1.29 is 14.6 Å². The summed E-state index contributed by atoms with van der Waals surface area (Å²) in [4.78, 5) is 13.8. The first kappa shape index (κ1) is 15.3. The maximum atomic E-state index is 12.0. The van der Waals surface area contributed by atoms with Crippen LogP contribution in [0.15, 0.2) is 0 Å². The minimum Gasteiger partial charge on any atom is -0.444 e. The van der Waals surface area contributed by atoms with Gasteiger partial charge in [0.15, 0.2) is 0 Å². The average Bonchev–Trinajstić information content (AvgIpc) is 2.11. The Morgan fingerprint density at radius 1 is 1.44 bits per heavy atom. The number of aliphatic hydroxyl groups excluding tert-OH is 1. The minimum absolute atomic E-state index is 0.182. The molecule has 0 aromatic carbocycles. The van der Waals surface area contributed by atoms with Crippen molar-refractivity contribution in [1.82, 2.24) is 4.90 Å². The van der Waals surface area contributed by atoms with Gasteiger partial charge >= 0.3 is 6.09 Å². The maximum Gasteiger partial charge on any atom is 0.410 e. The molecule has 2 unspecified atom stereocenters. The minimum atomic E-state index is -0.443. The summed E-state index contributed by atoms with van der Waals surface area (Å²) in [6.07, 6.45) is 1.55. The van der Waals surface area contributed by atoms with Crippen molar-refractivity contribution in [3.63, 3.8) is 0 Å². The molecule has 1 fully saturated rings. The van der Waals surface area contributed by atoms with E-state index in [1.807, 2.05) is 25.7 Å². The zero-order valence-corrected chi connectivity index (χ0v) is 12.3. The highest BCUT2D eigenvalue weighted by atomic mass is 16.6. The molecule has 0 aromatic heterocycles. The van der Waals surface area contributed by atoms with E-state index in [0.29, 0.717) is 11.8 Å². The van der Waals surface area contributed by atoms with Gasteiger partial charge in [-0.1, -0.05) is 13.8 Å². The first-order chi connectivity index (χ1) is 8.26. The van der Waals surface area contributed by atoms with Crippen LogP contribution in [0.25, 0.3) is 0 Å². The van der Waals surface area contributed by atoms with Crippen molar-refractivity contribution in [2.24, 2.45) is 11.8 Å². The third-order valence-corrected chi connectivity index (χ3v) is 3.51. The number of aliphatic hydroxyl groups is 1. The molecule has 1 saturated heterocycles. The highest BCUT2D eigenvalue weighted by Gasteiger charge is 2.40. The predicted molar refractivity (Wildman–Crippen MR) is 71.4 cm³/mol. The van der Waals surface area contributed by atoms with Gasteiger partial charge in [0.25, 0.3) is 0 Å². The second-order valence-corrected chi connectivity index (χ2v) is 6.45. The second kappa shape index (κ2) is 5.91. The maximum absolute atomic E-state index is 12.0. The quantitative estimate of drug-likeness (QED) is 0.842. The molecule has 0 spiro atoms. The van der Waals surface area contributed by atoms with E-state index in [-0.39, 0.29) is 18.7 Å². The molecule has 1 heterocycles. The fraction of sp³-hybridized carbons (Fsp3) is 0.929. The van der Waals surface area contributed by atoms with Crippen LogP contribution < -0.4 is 0 Å². The number of likely N-dealkylation sites (tertiary alicyclic amines) is 1. The third-order valence-electron chi connectivity index (χ3n) is 3.51. The van der Waals surface area contributed by atoms with Crippen molar-refractivity contribution in [2.45, 2.75) is 59.1 Å². The first-order valence-electron chi connectivity index (χ1n) is 6.86. The van der Waals surface area contributed by atoms with Crippen molar-refractivity contribution in [3.05, 3.63) is 0 Å². The fourth-order valence-corrected chi connectivity index (χ4v) is 2.52. The Bertz CT molecular complexity index is 283. The Morgan fingerprint density at radius 3 is 2.39 bits per heavy atom. The first-order valence-corrected chi connectivity index (χ1v) is 6.86.